The van der Waals surface area contributed by atoms with Crippen LogP contribution in [0.1, 0.15) is 22.7 Å². The molecule has 0 N–H and O–H groups in total. The minimum Gasteiger partial charge on any atom is -0.361 e. The SMILES string of the molecule is Cc1noc(C)c1CN1CCN(C(=O)Cc2csc(-c3cccs3)n2)CC1. The summed E-state index contributed by atoms with van der Waals surface area (Å²) < 4.78 is 5.24. The Labute approximate surface area is 166 Å². The fourth-order valence-corrected chi connectivity index (χ4v) is 4.91. The van der Waals surface area contributed by atoms with Gasteiger partial charge < -0.3 is 9.42 Å². The van der Waals surface area contributed by atoms with Crippen molar-refractivity contribution in [2.75, 3.05) is 26.2 Å². The van der Waals surface area contributed by atoms with E-state index in [0.29, 0.717) is 6.42 Å². The second kappa shape index (κ2) is 7.92. The van der Waals surface area contributed by atoms with Crippen LogP contribution in [0.4, 0.5) is 0 Å². The summed E-state index contributed by atoms with van der Waals surface area (Å²) >= 11 is 3.28. The van der Waals surface area contributed by atoms with Crippen molar-refractivity contribution in [3.8, 4) is 9.88 Å². The molecule has 0 radical (unpaired) electrons. The van der Waals surface area contributed by atoms with Gasteiger partial charge in [-0.2, -0.15) is 0 Å². The van der Waals surface area contributed by atoms with Gasteiger partial charge in [-0.15, -0.1) is 22.7 Å². The molecular formula is C19H22N4O2S2. The monoisotopic (exact) mass is 402 g/mol. The lowest BCUT2D eigenvalue weighted by Crippen LogP contribution is -2.48. The maximum atomic E-state index is 12.6. The predicted molar refractivity (Wildman–Crippen MR) is 107 cm³/mol. The van der Waals surface area contributed by atoms with Gasteiger partial charge in [-0.25, -0.2) is 4.98 Å². The van der Waals surface area contributed by atoms with E-state index in [0.717, 1.165) is 59.8 Å². The van der Waals surface area contributed by atoms with Crippen LogP contribution >= 0.6 is 22.7 Å². The number of aromatic nitrogens is 2. The molecule has 0 bridgehead atoms. The van der Waals surface area contributed by atoms with Crippen LogP contribution in [0.5, 0.6) is 0 Å². The van der Waals surface area contributed by atoms with Gasteiger partial charge in [-0.05, 0) is 25.3 Å². The lowest BCUT2D eigenvalue weighted by atomic mass is 10.1. The largest absolute Gasteiger partial charge is 0.361 e. The molecule has 6 nitrogen and oxygen atoms in total. The molecule has 1 fully saturated rings. The topological polar surface area (TPSA) is 62.5 Å². The van der Waals surface area contributed by atoms with Crippen molar-refractivity contribution in [1.82, 2.24) is 19.9 Å². The molecule has 8 heteroatoms. The molecule has 4 heterocycles. The lowest BCUT2D eigenvalue weighted by Gasteiger charge is -2.34. The van der Waals surface area contributed by atoms with Crippen LogP contribution in [0.15, 0.2) is 27.4 Å². The van der Waals surface area contributed by atoms with Gasteiger partial charge >= 0.3 is 0 Å². The Morgan fingerprint density at radius 2 is 2.04 bits per heavy atom. The van der Waals surface area contributed by atoms with Crippen molar-refractivity contribution in [2.24, 2.45) is 0 Å². The van der Waals surface area contributed by atoms with Crippen LogP contribution in [0.2, 0.25) is 0 Å². The Bertz CT molecular complexity index is 889. The molecule has 0 aromatic carbocycles. The first kappa shape index (κ1) is 18.3. The van der Waals surface area contributed by atoms with Gasteiger partial charge in [-0.1, -0.05) is 11.2 Å². The third-order valence-electron chi connectivity index (χ3n) is 4.90. The number of carbonyl (C=O) groups is 1. The number of hydrogen-bond acceptors (Lipinski definition) is 7. The van der Waals surface area contributed by atoms with Crippen LogP contribution in [0.25, 0.3) is 9.88 Å². The molecule has 1 aliphatic rings. The minimum atomic E-state index is 0.162. The second-order valence-corrected chi connectivity index (χ2v) is 8.56. The van der Waals surface area contributed by atoms with Gasteiger partial charge in [-0.3, -0.25) is 9.69 Å². The summed E-state index contributed by atoms with van der Waals surface area (Å²) in [5.41, 5.74) is 2.99. The summed E-state index contributed by atoms with van der Waals surface area (Å²) in [5.74, 6) is 1.05. The fourth-order valence-electron chi connectivity index (χ4n) is 3.27. The molecule has 1 amide bonds. The zero-order chi connectivity index (χ0) is 18.8. The smallest absolute Gasteiger partial charge is 0.228 e. The van der Waals surface area contributed by atoms with Crippen LogP contribution < -0.4 is 0 Å². The molecule has 1 saturated heterocycles. The molecule has 27 heavy (non-hydrogen) atoms. The Balaban J connectivity index is 1.30. The fraction of sp³-hybridized carbons (Fsp3) is 0.421. The number of aryl methyl sites for hydroxylation is 2. The predicted octanol–water partition coefficient (Wildman–Crippen LogP) is 3.36. The molecule has 0 aliphatic carbocycles. The van der Waals surface area contributed by atoms with E-state index >= 15 is 0 Å². The number of amides is 1. The van der Waals surface area contributed by atoms with Crippen LogP contribution in [-0.4, -0.2) is 52.0 Å². The Morgan fingerprint density at radius 1 is 1.22 bits per heavy atom. The van der Waals surface area contributed by atoms with Crippen molar-refractivity contribution in [3.05, 3.63) is 45.6 Å². The number of thiophene rings is 1. The van der Waals surface area contributed by atoms with E-state index in [1.54, 1.807) is 22.7 Å². The molecule has 0 saturated carbocycles. The van der Waals surface area contributed by atoms with E-state index in [2.05, 4.69) is 21.1 Å². The van der Waals surface area contributed by atoms with Crippen LogP contribution in [-0.2, 0) is 17.8 Å². The Hall–Kier alpha value is -2.03. The minimum absolute atomic E-state index is 0.162. The van der Waals surface area contributed by atoms with Gasteiger partial charge in [0.25, 0.3) is 0 Å². The van der Waals surface area contributed by atoms with Gasteiger partial charge in [0.2, 0.25) is 5.91 Å². The number of nitrogens with zero attached hydrogens (tertiary/aromatic N) is 4. The maximum Gasteiger partial charge on any atom is 0.228 e. The van der Waals surface area contributed by atoms with Gasteiger partial charge in [0.05, 0.1) is 22.7 Å². The van der Waals surface area contributed by atoms with Crippen molar-refractivity contribution >= 4 is 28.6 Å². The first-order chi connectivity index (χ1) is 13.1. The molecule has 142 valence electrons. The van der Waals surface area contributed by atoms with Gasteiger partial charge in [0.1, 0.15) is 10.8 Å². The molecule has 1 aliphatic heterocycles. The van der Waals surface area contributed by atoms with E-state index in [1.165, 1.54) is 5.56 Å². The summed E-state index contributed by atoms with van der Waals surface area (Å²) in [6, 6.07) is 4.08. The molecular weight excluding hydrogens is 380 g/mol. The van der Waals surface area contributed by atoms with Crippen LogP contribution in [0.3, 0.4) is 0 Å². The summed E-state index contributed by atoms with van der Waals surface area (Å²) in [5, 5.41) is 9.06. The van der Waals surface area contributed by atoms with E-state index in [1.807, 2.05) is 35.6 Å². The summed E-state index contributed by atoms with van der Waals surface area (Å²) in [7, 11) is 0. The average Bonchev–Trinajstić information content (AvgIpc) is 3.41. The van der Waals surface area contributed by atoms with Crippen LogP contribution in [0, 0.1) is 13.8 Å². The molecule has 0 atom stereocenters. The van der Waals surface area contributed by atoms with E-state index in [9.17, 15) is 4.79 Å². The molecule has 4 rings (SSSR count). The highest BCUT2D eigenvalue weighted by atomic mass is 32.1. The average molecular weight is 403 g/mol. The van der Waals surface area contributed by atoms with Crippen molar-refractivity contribution < 1.29 is 9.32 Å². The highest BCUT2D eigenvalue weighted by Gasteiger charge is 2.23. The van der Waals surface area contributed by atoms with Gasteiger partial charge in [0, 0.05) is 43.7 Å². The van der Waals surface area contributed by atoms with E-state index in [4.69, 9.17) is 4.52 Å². The molecule has 3 aromatic rings. The molecule has 0 spiro atoms. The quantitative estimate of drug-likeness (QED) is 0.655. The Kier molecular flexibility index (Phi) is 5.38. The first-order valence-electron chi connectivity index (χ1n) is 9.00. The number of hydrogen-bond donors (Lipinski definition) is 0. The number of carbonyl (C=O) groups excluding carboxylic acids is 1. The summed E-state index contributed by atoms with van der Waals surface area (Å²) in [4.78, 5) is 22.7. The maximum absolute atomic E-state index is 12.6. The zero-order valence-electron chi connectivity index (χ0n) is 15.5. The summed E-state index contributed by atoms with van der Waals surface area (Å²) in [6.45, 7) is 8.01. The van der Waals surface area contributed by atoms with E-state index in [-0.39, 0.29) is 5.91 Å². The van der Waals surface area contributed by atoms with Crippen molar-refractivity contribution in [1.29, 1.82) is 0 Å². The van der Waals surface area contributed by atoms with Gasteiger partial charge in [0.15, 0.2) is 0 Å². The highest BCUT2D eigenvalue weighted by Crippen LogP contribution is 2.28. The Morgan fingerprint density at radius 3 is 2.70 bits per heavy atom. The number of thiazole rings is 1. The third kappa shape index (κ3) is 4.12. The second-order valence-electron chi connectivity index (χ2n) is 6.76. The molecule has 3 aromatic heterocycles. The normalized spacial score (nSPS) is 15.4. The van der Waals surface area contributed by atoms with E-state index < -0.39 is 0 Å². The zero-order valence-corrected chi connectivity index (χ0v) is 17.1. The number of rotatable bonds is 5. The number of piperazine rings is 1. The highest BCUT2D eigenvalue weighted by molar-refractivity contribution is 7.20. The molecule has 0 unspecified atom stereocenters. The first-order valence-corrected chi connectivity index (χ1v) is 10.8. The third-order valence-corrected chi connectivity index (χ3v) is 6.83. The van der Waals surface area contributed by atoms with Crippen molar-refractivity contribution in [3.63, 3.8) is 0 Å². The standard InChI is InChI=1S/C19H22N4O2S2/c1-13-16(14(2)25-21-13)11-22-5-7-23(8-6-22)18(24)10-15-12-27-19(20-15)17-4-3-9-26-17/h3-4,9,12H,5-8,10-11H2,1-2H3. The summed E-state index contributed by atoms with van der Waals surface area (Å²) in [6.07, 6.45) is 0.381. The lowest BCUT2D eigenvalue weighted by molar-refractivity contribution is -0.132. The van der Waals surface area contributed by atoms with Crippen molar-refractivity contribution in [2.45, 2.75) is 26.8 Å².